The molecule has 3 N–H and O–H groups in total. The van der Waals surface area contributed by atoms with E-state index in [1.54, 1.807) is 0 Å². The molecule has 214 valence electrons. The molecule has 39 heavy (non-hydrogen) atoms. The van der Waals surface area contributed by atoms with E-state index in [0.29, 0.717) is 45.0 Å². The zero-order valence-corrected chi connectivity index (χ0v) is 20.9. The standard InChI is InChI=1S/C24H27F6N5O4/c25-16-12-18(27)17(26)10-14(16)9-15(31)11-20(36)34-1-2-35-19(13-34)21(32-23(35)24(28,29)30)22(37)39-8-5-33-3-6-38-7-4-33/h10,12,15H,1-9,11,13,31H2/p+1/t15-/m1/s1. The Bertz CT molecular complexity index is 1210. The van der Waals surface area contributed by atoms with Crippen LogP contribution in [0.15, 0.2) is 12.1 Å². The smallest absolute Gasteiger partial charge is 0.449 e. The molecular formula is C24H28F6N5O4+. The molecule has 0 spiro atoms. The lowest BCUT2D eigenvalue weighted by atomic mass is 10.0. The van der Waals surface area contributed by atoms with Crippen LogP contribution in [0.4, 0.5) is 26.3 Å². The number of carbonyl (C=O) groups excluding carboxylic acids is 2. The van der Waals surface area contributed by atoms with Gasteiger partial charge < -0.3 is 24.7 Å². The van der Waals surface area contributed by atoms with Gasteiger partial charge in [-0.25, -0.2) is 22.9 Å². The molecule has 9 nitrogen and oxygen atoms in total. The SMILES string of the molecule is [NH3+][C@@H](CC(=O)N1CCn2c(C(F)(F)F)nc(C(=O)OCCN3CCOCC3)c2C1)Cc1cc(F)c(F)cc1F. The molecule has 0 unspecified atom stereocenters. The van der Waals surface area contributed by atoms with E-state index in [0.717, 1.165) is 4.57 Å². The monoisotopic (exact) mass is 564 g/mol. The number of ether oxygens (including phenoxy) is 2. The number of amides is 1. The molecule has 1 amide bonds. The highest BCUT2D eigenvalue weighted by Crippen LogP contribution is 2.32. The molecular weight excluding hydrogens is 536 g/mol. The molecule has 2 aliphatic rings. The summed E-state index contributed by atoms with van der Waals surface area (Å²) >= 11 is 0. The number of alkyl halides is 3. The largest absolute Gasteiger partial charge is 0.460 e. The fraction of sp³-hybridized carbons (Fsp3) is 0.542. The highest BCUT2D eigenvalue weighted by molar-refractivity contribution is 5.89. The number of halogens is 6. The molecule has 0 saturated carbocycles. The number of quaternary nitrogens is 1. The summed E-state index contributed by atoms with van der Waals surface area (Å²) in [4.78, 5) is 32.4. The predicted molar refractivity (Wildman–Crippen MR) is 122 cm³/mol. The van der Waals surface area contributed by atoms with Crippen molar-refractivity contribution in [3.63, 3.8) is 0 Å². The summed E-state index contributed by atoms with van der Waals surface area (Å²) in [5.41, 5.74) is 3.00. The van der Waals surface area contributed by atoms with E-state index in [1.807, 2.05) is 4.90 Å². The van der Waals surface area contributed by atoms with Gasteiger partial charge in [0, 0.05) is 45.2 Å². The zero-order chi connectivity index (χ0) is 28.3. The number of benzene rings is 1. The first-order valence-corrected chi connectivity index (χ1v) is 12.3. The minimum atomic E-state index is -4.83. The summed E-state index contributed by atoms with van der Waals surface area (Å²) in [7, 11) is 0. The molecule has 1 aromatic heterocycles. The van der Waals surface area contributed by atoms with Gasteiger partial charge in [0.05, 0.1) is 37.9 Å². The highest BCUT2D eigenvalue weighted by atomic mass is 19.4. The van der Waals surface area contributed by atoms with Gasteiger partial charge in [0.25, 0.3) is 0 Å². The average Bonchev–Trinajstić information content (AvgIpc) is 3.27. The summed E-state index contributed by atoms with van der Waals surface area (Å²) in [6, 6.07) is 0.367. The highest BCUT2D eigenvalue weighted by Gasteiger charge is 2.42. The molecule has 1 aromatic carbocycles. The Balaban J connectivity index is 1.43. The lowest BCUT2D eigenvalue weighted by Crippen LogP contribution is -2.63. The average molecular weight is 565 g/mol. The zero-order valence-electron chi connectivity index (χ0n) is 20.9. The van der Waals surface area contributed by atoms with Crippen LogP contribution in [0.2, 0.25) is 0 Å². The number of esters is 1. The quantitative estimate of drug-likeness (QED) is 0.295. The number of carbonyl (C=O) groups is 2. The molecule has 15 heteroatoms. The van der Waals surface area contributed by atoms with Crippen LogP contribution in [0, 0.1) is 17.5 Å². The molecule has 2 aliphatic heterocycles. The maximum absolute atomic E-state index is 14.0. The second-order valence-corrected chi connectivity index (χ2v) is 9.42. The van der Waals surface area contributed by atoms with Crippen molar-refractivity contribution < 1.29 is 51.1 Å². The third-order valence-corrected chi connectivity index (χ3v) is 6.61. The lowest BCUT2D eigenvalue weighted by molar-refractivity contribution is -0.418. The predicted octanol–water partition coefficient (Wildman–Crippen LogP) is 1.39. The summed E-state index contributed by atoms with van der Waals surface area (Å²) < 4.78 is 92.9. The molecule has 0 aliphatic carbocycles. The number of aromatic nitrogens is 2. The van der Waals surface area contributed by atoms with Gasteiger partial charge in [0.1, 0.15) is 12.4 Å². The Kier molecular flexibility index (Phi) is 8.81. The van der Waals surface area contributed by atoms with Gasteiger partial charge in [-0.3, -0.25) is 9.69 Å². The Morgan fingerprint density at radius 2 is 1.74 bits per heavy atom. The van der Waals surface area contributed by atoms with Gasteiger partial charge >= 0.3 is 12.1 Å². The fourth-order valence-corrected chi connectivity index (χ4v) is 4.60. The lowest BCUT2D eigenvalue weighted by Gasteiger charge is -2.30. The third kappa shape index (κ3) is 6.89. The van der Waals surface area contributed by atoms with Crippen LogP contribution in [-0.4, -0.2) is 83.3 Å². The summed E-state index contributed by atoms with van der Waals surface area (Å²) in [6.45, 7) is 1.99. The number of rotatable bonds is 8. The van der Waals surface area contributed by atoms with Crippen molar-refractivity contribution in [2.45, 2.75) is 38.1 Å². The summed E-state index contributed by atoms with van der Waals surface area (Å²) in [5.74, 6) is -6.35. The Morgan fingerprint density at radius 3 is 2.44 bits per heavy atom. The fourth-order valence-electron chi connectivity index (χ4n) is 4.60. The number of imidazole rings is 1. The number of hydrogen-bond acceptors (Lipinski definition) is 6. The van der Waals surface area contributed by atoms with Crippen LogP contribution in [0.3, 0.4) is 0 Å². The van der Waals surface area contributed by atoms with Crippen LogP contribution >= 0.6 is 0 Å². The number of fused-ring (bicyclic) bond motifs is 1. The van der Waals surface area contributed by atoms with Gasteiger partial charge in [-0.15, -0.1) is 0 Å². The minimum absolute atomic E-state index is 0.0567. The van der Waals surface area contributed by atoms with E-state index >= 15 is 0 Å². The van der Waals surface area contributed by atoms with Crippen LogP contribution < -0.4 is 5.73 Å². The molecule has 4 rings (SSSR count). The van der Waals surface area contributed by atoms with Crippen LogP contribution in [0.1, 0.15) is 34.0 Å². The van der Waals surface area contributed by atoms with E-state index in [2.05, 4.69) is 10.7 Å². The maximum atomic E-state index is 14.0. The molecule has 2 aromatic rings. The topological polar surface area (TPSA) is 105 Å². The van der Waals surface area contributed by atoms with Crippen molar-refractivity contribution in [2.75, 3.05) is 46.0 Å². The Labute approximate surface area is 219 Å². The van der Waals surface area contributed by atoms with Gasteiger partial charge in [-0.05, 0) is 11.6 Å². The van der Waals surface area contributed by atoms with E-state index in [-0.39, 0.29) is 50.3 Å². The first-order chi connectivity index (χ1) is 18.4. The van der Waals surface area contributed by atoms with Gasteiger partial charge in [0.2, 0.25) is 11.7 Å². The molecule has 1 atom stereocenters. The van der Waals surface area contributed by atoms with E-state index in [4.69, 9.17) is 9.47 Å². The second kappa shape index (κ2) is 11.9. The number of hydrogen-bond donors (Lipinski definition) is 1. The van der Waals surface area contributed by atoms with Crippen molar-refractivity contribution >= 4 is 11.9 Å². The molecule has 0 radical (unpaired) electrons. The van der Waals surface area contributed by atoms with Crippen molar-refractivity contribution in [3.05, 3.63) is 52.4 Å². The number of nitrogens with zero attached hydrogens (tertiary/aromatic N) is 4. The van der Waals surface area contributed by atoms with E-state index in [9.17, 15) is 35.9 Å². The van der Waals surface area contributed by atoms with Crippen molar-refractivity contribution in [1.82, 2.24) is 19.4 Å². The second-order valence-electron chi connectivity index (χ2n) is 9.42. The van der Waals surface area contributed by atoms with Crippen molar-refractivity contribution in [3.8, 4) is 0 Å². The van der Waals surface area contributed by atoms with E-state index < -0.39 is 53.1 Å². The van der Waals surface area contributed by atoms with Crippen molar-refractivity contribution in [2.24, 2.45) is 0 Å². The number of morpholine rings is 1. The summed E-state index contributed by atoms with van der Waals surface area (Å²) in [6.07, 6.45) is -5.24. The van der Waals surface area contributed by atoms with Gasteiger partial charge in [-0.2, -0.15) is 13.2 Å². The third-order valence-electron chi connectivity index (χ3n) is 6.61. The van der Waals surface area contributed by atoms with Gasteiger partial charge in [0.15, 0.2) is 17.3 Å². The van der Waals surface area contributed by atoms with Gasteiger partial charge in [-0.1, -0.05) is 0 Å². The van der Waals surface area contributed by atoms with Crippen molar-refractivity contribution in [1.29, 1.82) is 0 Å². The first kappa shape index (κ1) is 28.8. The van der Waals surface area contributed by atoms with E-state index in [1.165, 1.54) is 4.90 Å². The first-order valence-electron chi connectivity index (χ1n) is 12.3. The maximum Gasteiger partial charge on any atom is 0.449 e. The normalized spacial score (nSPS) is 17.2. The molecule has 3 heterocycles. The van der Waals surface area contributed by atoms with Crippen LogP contribution in [-0.2, 0) is 40.0 Å². The summed E-state index contributed by atoms with van der Waals surface area (Å²) in [5, 5.41) is 0. The molecule has 1 saturated heterocycles. The Morgan fingerprint density at radius 1 is 1.05 bits per heavy atom. The Hall–Kier alpha value is -3.17. The molecule has 0 bridgehead atoms. The van der Waals surface area contributed by atoms with Crippen LogP contribution in [0.25, 0.3) is 0 Å². The minimum Gasteiger partial charge on any atom is -0.460 e. The van der Waals surface area contributed by atoms with Crippen LogP contribution in [0.5, 0.6) is 0 Å². The molecule has 1 fully saturated rings.